The van der Waals surface area contributed by atoms with Gasteiger partial charge >= 0.3 is 0 Å². The van der Waals surface area contributed by atoms with Gasteiger partial charge in [-0.1, -0.05) is 54.2 Å². The molecule has 0 radical (unpaired) electrons. The highest BCUT2D eigenvalue weighted by Gasteiger charge is 2.12. The van der Waals surface area contributed by atoms with Gasteiger partial charge in [0.2, 0.25) is 11.7 Å². The van der Waals surface area contributed by atoms with Gasteiger partial charge in [0, 0.05) is 16.1 Å². The largest absolute Gasteiger partial charge is 0.352 e. The summed E-state index contributed by atoms with van der Waals surface area (Å²) in [6, 6.07) is 7.82. The van der Waals surface area contributed by atoms with Gasteiger partial charge in [0.15, 0.2) is 0 Å². The monoisotopic (exact) mass is 379 g/mol. The van der Waals surface area contributed by atoms with Gasteiger partial charge in [0.1, 0.15) is 6.54 Å². The van der Waals surface area contributed by atoms with Crippen LogP contribution in [0.2, 0.25) is 0 Å². The van der Waals surface area contributed by atoms with Crippen LogP contribution in [-0.2, 0) is 11.3 Å². The van der Waals surface area contributed by atoms with Gasteiger partial charge in [-0.05, 0) is 30.7 Å². The lowest BCUT2D eigenvalue weighted by atomic mass is 10.1. The van der Waals surface area contributed by atoms with Crippen LogP contribution in [0, 0.1) is 0 Å². The van der Waals surface area contributed by atoms with Gasteiger partial charge in [-0.3, -0.25) is 4.79 Å². The minimum Gasteiger partial charge on any atom is -0.352 e. The maximum Gasteiger partial charge on any atom is 0.243 e. The minimum absolute atomic E-state index is 0.0789. The molecule has 0 bridgehead atoms. The van der Waals surface area contributed by atoms with Gasteiger partial charge in [0.25, 0.3) is 0 Å². The van der Waals surface area contributed by atoms with Crippen LogP contribution >= 0.6 is 15.9 Å². The van der Waals surface area contributed by atoms with Crippen molar-refractivity contribution >= 4 is 21.8 Å². The number of benzene rings is 1. The number of hydrogen-bond acceptors (Lipinski definition) is 4. The van der Waals surface area contributed by atoms with Crippen LogP contribution in [0.3, 0.4) is 0 Å². The van der Waals surface area contributed by atoms with Gasteiger partial charge in [-0.15, -0.1) is 10.2 Å². The van der Waals surface area contributed by atoms with Crippen molar-refractivity contribution in [2.75, 3.05) is 0 Å². The molecule has 2 rings (SSSR count). The number of carbonyl (C=O) groups excluding carboxylic acids is 1. The maximum atomic E-state index is 12.0. The number of aromatic nitrogens is 4. The summed E-state index contributed by atoms with van der Waals surface area (Å²) in [7, 11) is 0. The zero-order valence-corrected chi connectivity index (χ0v) is 15.1. The Bertz CT molecular complexity index is 643. The van der Waals surface area contributed by atoms with Crippen LogP contribution in [-0.4, -0.2) is 32.2 Å². The second-order valence-electron chi connectivity index (χ2n) is 5.59. The van der Waals surface area contributed by atoms with Crippen molar-refractivity contribution in [3.63, 3.8) is 0 Å². The van der Waals surface area contributed by atoms with E-state index in [-0.39, 0.29) is 18.5 Å². The first-order valence-electron chi connectivity index (χ1n) is 7.92. The molecule has 2 aromatic rings. The van der Waals surface area contributed by atoms with Gasteiger partial charge in [-0.25, -0.2) is 0 Å². The fraction of sp³-hybridized carbons (Fsp3) is 0.500. The topological polar surface area (TPSA) is 72.7 Å². The lowest BCUT2D eigenvalue weighted by molar-refractivity contribution is -0.122. The standard InChI is InChI=1S/C16H22BrN5O/c1-3-4-5-8-12(2)18-15(23)11-22-20-16(19-21-22)13-9-6-7-10-14(13)17/h6-7,9-10,12H,3-5,8,11H2,1-2H3,(H,18,23)/t12-/m1/s1. The summed E-state index contributed by atoms with van der Waals surface area (Å²) < 4.78 is 0.897. The number of carbonyl (C=O) groups is 1. The van der Waals surface area contributed by atoms with E-state index in [4.69, 9.17) is 0 Å². The Balaban J connectivity index is 1.89. The van der Waals surface area contributed by atoms with E-state index in [9.17, 15) is 4.79 Å². The lowest BCUT2D eigenvalue weighted by Crippen LogP contribution is -2.35. The molecule has 124 valence electrons. The molecule has 1 aromatic heterocycles. The molecule has 0 unspecified atom stereocenters. The molecule has 0 saturated carbocycles. The predicted molar refractivity (Wildman–Crippen MR) is 92.7 cm³/mol. The summed E-state index contributed by atoms with van der Waals surface area (Å²) in [5, 5.41) is 15.2. The zero-order valence-electron chi connectivity index (χ0n) is 13.5. The lowest BCUT2D eigenvalue weighted by Gasteiger charge is -2.12. The second kappa shape index (κ2) is 8.76. The number of rotatable bonds is 8. The average Bonchev–Trinajstić information content (AvgIpc) is 2.96. The summed E-state index contributed by atoms with van der Waals surface area (Å²) in [5.41, 5.74) is 0.854. The molecule has 7 heteroatoms. The van der Waals surface area contributed by atoms with E-state index < -0.39 is 0 Å². The van der Waals surface area contributed by atoms with Crippen molar-refractivity contribution in [3.05, 3.63) is 28.7 Å². The summed E-state index contributed by atoms with van der Waals surface area (Å²) >= 11 is 3.46. The molecular formula is C16H22BrN5O. The van der Waals surface area contributed by atoms with E-state index in [1.54, 1.807) is 0 Å². The normalized spacial score (nSPS) is 12.1. The predicted octanol–water partition coefficient (Wildman–Crippen LogP) is 3.19. The summed E-state index contributed by atoms with van der Waals surface area (Å²) in [4.78, 5) is 13.3. The highest BCUT2D eigenvalue weighted by Crippen LogP contribution is 2.24. The number of nitrogens with zero attached hydrogens (tertiary/aromatic N) is 4. The Morgan fingerprint density at radius 2 is 2.13 bits per heavy atom. The van der Waals surface area contributed by atoms with E-state index in [1.165, 1.54) is 17.6 Å². The first-order valence-corrected chi connectivity index (χ1v) is 8.71. The zero-order chi connectivity index (χ0) is 16.7. The molecule has 1 heterocycles. The molecule has 0 fully saturated rings. The van der Waals surface area contributed by atoms with Crippen LogP contribution in [0.5, 0.6) is 0 Å². The second-order valence-corrected chi connectivity index (χ2v) is 6.44. The van der Waals surface area contributed by atoms with Gasteiger partial charge in [0.05, 0.1) is 0 Å². The third-order valence-electron chi connectivity index (χ3n) is 3.50. The number of hydrogen-bond donors (Lipinski definition) is 1. The van der Waals surface area contributed by atoms with E-state index in [0.29, 0.717) is 5.82 Å². The van der Waals surface area contributed by atoms with Crippen molar-refractivity contribution in [2.24, 2.45) is 0 Å². The molecule has 6 nitrogen and oxygen atoms in total. The van der Waals surface area contributed by atoms with Crippen LogP contribution in [0.1, 0.15) is 39.5 Å². The quantitative estimate of drug-likeness (QED) is 0.714. The third-order valence-corrected chi connectivity index (χ3v) is 4.19. The fourth-order valence-electron chi connectivity index (χ4n) is 2.28. The average molecular weight is 380 g/mol. The number of tetrazole rings is 1. The number of halogens is 1. The number of amides is 1. The number of nitrogens with one attached hydrogen (secondary N) is 1. The molecule has 1 atom stereocenters. The molecule has 0 spiro atoms. The highest BCUT2D eigenvalue weighted by atomic mass is 79.9. The molecule has 0 aliphatic heterocycles. The first kappa shape index (κ1) is 17.6. The first-order chi connectivity index (χ1) is 11.1. The van der Waals surface area contributed by atoms with Crippen LogP contribution in [0.25, 0.3) is 11.4 Å². The molecule has 1 N–H and O–H groups in total. The molecule has 23 heavy (non-hydrogen) atoms. The molecule has 1 aromatic carbocycles. The summed E-state index contributed by atoms with van der Waals surface area (Å²) in [5.74, 6) is 0.409. The van der Waals surface area contributed by atoms with Crippen LogP contribution in [0.4, 0.5) is 0 Å². The Hall–Kier alpha value is -1.76. The van der Waals surface area contributed by atoms with E-state index in [1.807, 2.05) is 31.2 Å². The van der Waals surface area contributed by atoms with Gasteiger partial charge < -0.3 is 5.32 Å². The highest BCUT2D eigenvalue weighted by molar-refractivity contribution is 9.10. The smallest absolute Gasteiger partial charge is 0.243 e. The molecule has 0 aliphatic carbocycles. The Labute approximate surface area is 144 Å². The summed E-state index contributed by atoms with van der Waals surface area (Å²) in [6.45, 7) is 4.27. The van der Waals surface area contributed by atoms with Crippen LogP contribution in [0.15, 0.2) is 28.7 Å². The van der Waals surface area contributed by atoms with E-state index >= 15 is 0 Å². The molecule has 0 saturated heterocycles. The summed E-state index contributed by atoms with van der Waals surface area (Å²) in [6.07, 6.45) is 4.50. The third kappa shape index (κ3) is 5.42. The maximum absolute atomic E-state index is 12.0. The van der Waals surface area contributed by atoms with Crippen molar-refractivity contribution in [3.8, 4) is 11.4 Å². The Kier molecular flexibility index (Phi) is 6.70. The molecular weight excluding hydrogens is 358 g/mol. The Morgan fingerprint density at radius 1 is 1.35 bits per heavy atom. The minimum atomic E-state index is -0.0925. The molecule has 0 aliphatic rings. The van der Waals surface area contributed by atoms with Crippen molar-refractivity contribution in [1.29, 1.82) is 0 Å². The van der Waals surface area contributed by atoms with Crippen molar-refractivity contribution < 1.29 is 4.79 Å². The fourth-order valence-corrected chi connectivity index (χ4v) is 2.74. The van der Waals surface area contributed by atoms with Crippen molar-refractivity contribution in [2.45, 2.75) is 52.1 Å². The van der Waals surface area contributed by atoms with E-state index in [0.717, 1.165) is 22.9 Å². The Morgan fingerprint density at radius 3 is 2.87 bits per heavy atom. The number of unbranched alkanes of at least 4 members (excludes halogenated alkanes) is 2. The van der Waals surface area contributed by atoms with Crippen molar-refractivity contribution in [1.82, 2.24) is 25.5 Å². The molecule has 1 amide bonds. The van der Waals surface area contributed by atoms with Gasteiger partial charge in [-0.2, -0.15) is 4.80 Å². The van der Waals surface area contributed by atoms with E-state index in [2.05, 4.69) is 43.6 Å². The SMILES string of the molecule is CCCCC[C@@H](C)NC(=O)Cn1nnc(-c2ccccc2Br)n1. The van der Waals surface area contributed by atoms with Crippen LogP contribution < -0.4 is 5.32 Å².